The minimum absolute atomic E-state index is 0.174. The normalized spacial score (nSPS) is 19.0. The Labute approximate surface area is 302 Å². The summed E-state index contributed by atoms with van der Waals surface area (Å²) < 4.78 is 6.19. The van der Waals surface area contributed by atoms with E-state index >= 15 is 0 Å². The average molecular weight is 705 g/mol. The maximum atomic E-state index is 14.6. The van der Waals surface area contributed by atoms with E-state index in [-0.39, 0.29) is 17.9 Å². The van der Waals surface area contributed by atoms with Gasteiger partial charge in [-0.15, -0.1) is 0 Å². The number of ether oxygens (including phenoxy) is 1. The third-order valence-corrected chi connectivity index (χ3v) is 10.7. The minimum atomic E-state index is -0.278. The number of halogens is 2. The van der Waals surface area contributed by atoms with Crippen LogP contribution in [-0.4, -0.2) is 40.5 Å². The molecule has 0 bridgehead atoms. The number of amides is 1. The number of pyridine rings is 1. The molecule has 2 unspecified atom stereocenters. The first kappa shape index (κ1) is 32.6. The molecule has 5 heterocycles. The average Bonchev–Trinajstić information content (AvgIpc) is 3.42. The SMILES string of the molecule is CC1CC=CN2C(=C1c1ccccc1)c1c(C(=O)Nc3cccnc3OCCC3CCNCC3)[nH]c3cc(Cl)cc(c13)C2c1ccc(Cl)cc1. The summed E-state index contributed by atoms with van der Waals surface area (Å²) in [7, 11) is 0. The van der Waals surface area contributed by atoms with Crippen molar-refractivity contribution in [2.75, 3.05) is 25.0 Å². The first-order chi connectivity index (χ1) is 24.5. The van der Waals surface area contributed by atoms with Gasteiger partial charge < -0.3 is 25.3 Å². The van der Waals surface area contributed by atoms with Gasteiger partial charge in [-0.2, -0.15) is 0 Å². The molecule has 50 heavy (non-hydrogen) atoms. The van der Waals surface area contributed by atoms with Crippen LogP contribution in [0.4, 0.5) is 5.69 Å². The summed E-state index contributed by atoms with van der Waals surface area (Å²) in [4.78, 5) is 24.9. The molecule has 1 fully saturated rings. The van der Waals surface area contributed by atoms with Crippen LogP contribution in [0.15, 0.2) is 97.3 Å². The lowest BCUT2D eigenvalue weighted by molar-refractivity contribution is 0.102. The van der Waals surface area contributed by atoms with Crippen molar-refractivity contribution in [2.24, 2.45) is 11.8 Å². The van der Waals surface area contributed by atoms with E-state index in [1.54, 1.807) is 6.20 Å². The van der Waals surface area contributed by atoms with Crippen LogP contribution in [-0.2, 0) is 0 Å². The molecule has 0 aliphatic carbocycles. The zero-order chi connectivity index (χ0) is 34.2. The van der Waals surface area contributed by atoms with Crippen molar-refractivity contribution in [1.82, 2.24) is 20.2 Å². The third kappa shape index (κ3) is 6.19. The lowest BCUT2D eigenvalue weighted by atomic mass is 9.82. The number of allylic oxidation sites excluding steroid dienone is 2. The number of aromatic nitrogens is 2. The van der Waals surface area contributed by atoms with E-state index in [0.29, 0.717) is 39.8 Å². The zero-order valence-corrected chi connectivity index (χ0v) is 29.4. The summed E-state index contributed by atoms with van der Waals surface area (Å²) in [5, 5.41) is 8.82. The van der Waals surface area contributed by atoms with Crippen molar-refractivity contribution < 1.29 is 9.53 Å². The molecule has 8 rings (SSSR count). The Balaban J connectivity index is 1.27. The number of piperidine rings is 1. The summed E-state index contributed by atoms with van der Waals surface area (Å²) in [6.45, 7) is 4.89. The van der Waals surface area contributed by atoms with Crippen LogP contribution < -0.4 is 15.4 Å². The number of aromatic amines is 1. The van der Waals surface area contributed by atoms with Crippen molar-refractivity contribution in [2.45, 2.75) is 38.6 Å². The first-order valence-corrected chi connectivity index (χ1v) is 18.2. The highest BCUT2D eigenvalue weighted by Crippen LogP contribution is 2.53. The number of anilines is 1. The van der Waals surface area contributed by atoms with E-state index in [4.69, 9.17) is 27.9 Å². The summed E-state index contributed by atoms with van der Waals surface area (Å²) >= 11 is 13.2. The Morgan fingerprint density at radius 3 is 2.60 bits per heavy atom. The maximum absolute atomic E-state index is 14.6. The monoisotopic (exact) mass is 703 g/mol. The molecular weight excluding hydrogens is 665 g/mol. The molecule has 5 aromatic rings. The molecular formula is C41H39Cl2N5O2. The molecule has 0 spiro atoms. The molecule has 3 N–H and O–H groups in total. The Morgan fingerprint density at radius 1 is 1.00 bits per heavy atom. The number of benzene rings is 3. The highest BCUT2D eigenvalue weighted by molar-refractivity contribution is 6.32. The number of nitrogens with zero attached hydrogens (tertiary/aromatic N) is 2. The van der Waals surface area contributed by atoms with Gasteiger partial charge in [0.25, 0.3) is 5.91 Å². The number of fused-ring (bicyclic) bond motifs is 2. The maximum Gasteiger partial charge on any atom is 0.272 e. The third-order valence-electron chi connectivity index (χ3n) is 10.2. The van der Waals surface area contributed by atoms with E-state index in [9.17, 15) is 4.79 Å². The fraction of sp³-hybridized carbons (Fsp3) is 0.268. The molecule has 3 aliphatic rings. The molecule has 1 amide bonds. The predicted octanol–water partition coefficient (Wildman–Crippen LogP) is 9.72. The highest BCUT2D eigenvalue weighted by atomic mass is 35.5. The Kier molecular flexibility index (Phi) is 9.13. The number of rotatable bonds is 8. The fourth-order valence-corrected chi connectivity index (χ4v) is 8.18. The number of carbonyl (C=O) groups excluding carboxylic acids is 1. The quantitative estimate of drug-likeness (QED) is 0.150. The molecule has 2 aromatic heterocycles. The van der Waals surface area contributed by atoms with Gasteiger partial charge in [0.15, 0.2) is 0 Å². The predicted molar refractivity (Wildman–Crippen MR) is 203 cm³/mol. The molecule has 7 nitrogen and oxygen atoms in total. The summed E-state index contributed by atoms with van der Waals surface area (Å²) in [6.07, 6.45) is 10.2. The van der Waals surface area contributed by atoms with E-state index in [0.717, 1.165) is 77.6 Å². The van der Waals surface area contributed by atoms with Crippen LogP contribution in [0.3, 0.4) is 0 Å². The molecule has 3 aliphatic heterocycles. The molecule has 0 saturated carbocycles. The van der Waals surface area contributed by atoms with E-state index in [1.165, 1.54) is 5.57 Å². The number of carbonyl (C=O) groups is 1. The van der Waals surface area contributed by atoms with Gasteiger partial charge in [0.05, 0.1) is 18.3 Å². The van der Waals surface area contributed by atoms with Gasteiger partial charge in [0, 0.05) is 38.9 Å². The van der Waals surface area contributed by atoms with Crippen molar-refractivity contribution >= 4 is 57.0 Å². The number of H-pyrrole nitrogens is 1. The number of nitrogens with one attached hydrogen (secondary N) is 3. The molecule has 2 atom stereocenters. The van der Waals surface area contributed by atoms with Crippen molar-refractivity contribution in [3.05, 3.63) is 135 Å². The Bertz CT molecular complexity index is 2100. The van der Waals surface area contributed by atoms with Crippen molar-refractivity contribution in [3.63, 3.8) is 0 Å². The number of hydrogen-bond acceptors (Lipinski definition) is 5. The summed E-state index contributed by atoms with van der Waals surface area (Å²) in [5.41, 5.74) is 8.01. The van der Waals surface area contributed by atoms with Crippen LogP contribution in [0, 0.1) is 11.8 Å². The van der Waals surface area contributed by atoms with Crippen molar-refractivity contribution in [3.8, 4) is 5.88 Å². The second-order valence-electron chi connectivity index (χ2n) is 13.4. The van der Waals surface area contributed by atoms with Gasteiger partial charge in [-0.05, 0) is 109 Å². The van der Waals surface area contributed by atoms with Crippen LogP contribution in [0.5, 0.6) is 5.88 Å². The van der Waals surface area contributed by atoms with Gasteiger partial charge in [-0.25, -0.2) is 4.98 Å². The highest BCUT2D eigenvalue weighted by Gasteiger charge is 2.39. The molecule has 1 saturated heterocycles. The smallest absolute Gasteiger partial charge is 0.272 e. The fourth-order valence-electron chi connectivity index (χ4n) is 7.83. The summed E-state index contributed by atoms with van der Waals surface area (Å²) in [5.74, 6) is 0.941. The van der Waals surface area contributed by atoms with Crippen LogP contribution in [0.25, 0.3) is 22.2 Å². The van der Waals surface area contributed by atoms with Crippen LogP contribution in [0.1, 0.15) is 71.4 Å². The second-order valence-corrected chi connectivity index (χ2v) is 14.3. The molecule has 254 valence electrons. The lowest BCUT2D eigenvalue weighted by Gasteiger charge is -2.39. The van der Waals surface area contributed by atoms with E-state index < -0.39 is 0 Å². The topological polar surface area (TPSA) is 82.3 Å². The van der Waals surface area contributed by atoms with Crippen LogP contribution in [0.2, 0.25) is 10.0 Å². The van der Waals surface area contributed by atoms with Gasteiger partial charge in [0.1, 0.15) is 11.4 Å². The standard InChI is InChI=1S/C41H39Cl2N5O2/c1-25-7-6-21-48-38(28-11-13-29(42)14-12-28)31-23-30(43)24-33-35(31)36(39(48)34(25)27-8-3-2-4-9-27)37(46-33)40(49)47-32-10-5-18-45-41(32)50-22-17-26-15-19-44-20-16-26/h2-6,8-14,18,21,23-26,38,44,46H,7,15-17,19-20,22H2,1H3,(H,47,49). The Morgan fingerprint density at radius 2 is 1.80 bits per heavy atom. The van der Waals surface area contributed by atoms with Gasteiger partial charge in [-0.1, -0.05) is 78.7 Å². The first-order valence-electron chi connectivity index (χ1n) is 17.4. The zero-order valence-electron chi connectivity index (χ0n) is 27.9. The number of hydrogen-bond donors (Lipinski definition) is 3. The van der Waals surface area contributed by atoms with Gasteiger partial charge in [-0.3, -0.25) is 4.79 Å². The molecule has 9 heteroatoms. The van der Waals surface area contributed by atoms with Crippen LogP contribution >= 0.6 is 23.2 Å². The van der Waals surface area contributed by atoms with Gasteiger partial charge >= 0.3 is 0 Å². The lowest BCUT2D eigenvalue weighted by Crippen LogP contribution is -2.29. The second kappa shape index (κ2) is 14.0. The molecule has 0 radical (unpaired) electrons. The van der Waals surface area contributed by atoms with E-state index in [2.05, 4.69) is 81.1 Å². The largest absolute Gasteiger partial charge is 0.476 e. The van der Waals surface area contributed by atoms with E-state index in [1.807, 2.05) is 42.5 Å². The van der Waals surface area contributed by atoms with Gasteiger partial charge in [0.2, 0.25) is 5.88 Å². The van der Waals surface area contributed by atoms with Crippen molar-refractivity contribution in [1.29, 1.82) is 0 Å². The summed E-state index contributed by atoms with van der Waals surface area (Å²) in [6, 6.07) is 25.9. The molecule has 3 aromatic carbocycles. The Hall–Kier alpha value is -4.56. The minimum Gasteiger partial charge on any atom is -0.476 e.